The fourth-order valence-corrected chi connectivity index (χ4v) is 2.17. The van der Waals surface area contributed by atoms with Gasteiger partial charge in [-0.25, -0.2) is 4.57 Å². The predicted octanol–water partition coefficient (Wildman–Crippen LogP) is 1.88. The SMILES string of the molecule is C=CC(=O)NCCCOP(=O)(OCC)OCC. The normalized spacial score (nSPS) is 11.2. The van der Waals surface area contributed by atoms with Gasteiger partial charge in [0, 0.05) is 6.54 Å². The van der Waals surface area contributed by atoms with Gasteiger partial charge < -0.3 is 5.32 Å². The van der Waals surface area contributed by atoms with Crippen LogP contribution in [0.25, 0.3) is 0 Å². The summed E-state index contributed by atoms with van der Waals surface area (Å²) in [4.78, 5) is 10.8. The van der Waals surface area contributed by atoms with Crippen LogP contribution in [0.4, 0.5) is 0 Å². The molecule has 0 aromatic heterocycles. The molecular formula is C10H20NO5P. The summed E-state index contributed by atoms with van der Waals surface area (Å²) in [7, 11) is -3.42. The third kappa shape index (κ3) is 8.10. The molecule has 0 aliphatic carbocycles. The first-order chi connectivity index (χ1) is 8.08. The molecule has 0 aromatic rings. The van der Waals surface area contributed by atoms with Gasteiger partial charge in [0.1, 0.15) is 0 Å². The summed E-state index contributed by atoms with van der Waals surface area (Å²) >= 11 is 0. The van der Waals surface area contributed by atoms with Crippen LogP contribution in [0.3, 0.4) is 0 Å². The monoisotopic (exact) mass is 265 g/mol. The van der Waals surface area contributed by atoms with Crippen molar-refractivity contribution in [3.05, 3.63) is 12.7 Å². The predicted molar refractivity (Wildman–Crippen MR) is 64.6 cm³/mol. The molecule has 0 aliphatic rings. The van der Waals surface area contributed by atoms with Gasteiger partial charge in [-0.05, 0) is 26.3 Å². The second-order valence-electron chi connectivity index (χ2n) is 2.96. The molecule has 0 aromatic carbocycles. The molecule has 100 valence electrons. The molecule has 1 N–H and O–H groups in total. The van der Waals surface area contributed by atoms with Crippen LogP contribution in [0, 0.1) is 0 Å². The fraction of sp³-hybridized carbons (Fsp3) is 0.700. The Morgan fingerprint density at radius 2 is 1.88 bits per heavy atom. The third-order valence-electron chi connectivity index (χ3n) is 1.63. The molecule has 0 saturated heterocycles. The van der Waals surface area contributed by atoms with E-state index in [0.29, 0.717) is 13.0 Å². The lowest BCUT2D eigenvalue weighted by Crippen LogP contribution is -2.22. The Hall–Kier alpha value is -0.680. The van der Waals surface area contributed by atoms with Crippen molar-refractivity contribution in [2.24, 2.45) is 0 Å². The number of amides is 1. The number of phosphoric ester groups is 1. The van der Waals surface area contributed by atoms with Gasteiger partial charge in [-0.15, -0.1) is 0 Å². The number of hydrogen-bond donors (Lipinski definition) is 1. The highest BCUT2D eigenvalue weighted by Gasteiger charge is 2.24. The molecule has 0 heterocycles. The molecular weight excluding hydrogens is 245 g/mol. The lowest BCUT2D eigenvalue weighted by Gasteiger charge is -2.16. The molecule has 6 nitrogen and oxygen atoms in total. The van der Waals surface area contributed by atoms with Crippen molar-refractivity contribution in [2.45, 2.75) is 20.3 Å². The summed E-state index contributed by atoms with van der Waals surface area (Å²) in [5.41, 5.74) is 0. The van der Waals surface area contributed by atoms with Crippen LogP contribution in [0.1, 0.15) is 20.3 Å². The van der Waals surface area contributed by atoms with Crippen LogP contribution in [0.5, 0.6) is 0 Å². The van der Waals surface area contributed by atoms with Gasteiger partial charge in [-0.3, -0.25) is 18.4 Å². The average molecular weight is 265 g/mol. The van der Waals surface area contributed by atoms with E-state index in [2.05, 4.69) is 11.9 Å². The summed E-state index contributed by atoms with van der Waals surface area (Å²) in [6.07, 6.45) is 1.70. The van der Waals surface area contributed by atoms with Crippen LogP contribution in [-0.4, -0.2) is 32.3 Å². The Morgan fingerprint density at radius 1 is 1.29 bits per heavy atom. The molecule has 7 heteroatoms. The summed E-state index contributed by atoms with van der Waals surface area (Å²) in [6, 6.07) is 0. The minimum Gasteiger partial charge on any atom is -0.352 e. The maximum atomic E-state index is 11.8. The van der Waals surface area contributed by atoms with Crippen molar-refractivity contribution < 1.29 is 22.9 Å². The molecule has 0 unspecified atom stereocenters. The molecule has 0 bridgehead atoms. The Labute approximate surface area is 102 Å². The second kappa shape index (κ2) is 9.36. The molecule has 0 fully saturated rings. The highest BCUT2D eigenvalue weighted by molar-refractivity contribution is 7.48. The fourth-order valence-electron chi connectivity index (χ4n) is 0.960. The van der Waals surface area contributed by atoms with E-state index in [1.807, 2.05) is 0 Å². The zero-order valence-corrected chi connectivity index (χ0v) is 11.2. The zero-order chi connectivity index (χ0) is 13.1. The Balaban J connectivity index is 3.79. The largest absolute Gasteiger partial charge is 0.474 e. The Morgan fingerprint density at radius 3 is 2.35 bits per heavy atom. The third-order valence-corrected chi connectivity index (χ3v) is 3.28. The van der Waals surface area contributed by atoms with Gasteiger partial charge in [0.2, 0.25) is 5.91 Å². The zero-order valence-electron chi connectivity index (χ0n) is 10.3. The standard InChI is InChI=1S/C10H20NO5P/c1-4-10(12)11-8-7-9-16-17(13,14-5-2)15-6-3/h4H,1,5-9H2,2-3H3,(H,11,12). The molecule has 0 aliphatic heterocycles. The summed E-state index contributed by atoms with van der Waals surface area (Å²) in [5, 5.41) is 2.57. The minimum absolute atomic E-state index is 0.189. The maximum Gasteiger partial charge on any atom is 0.474 e. The van der Waals surface area contributed by atoms with Gasteiger partial charge in [-0.1, -0.05) is 6.58 Å². The van der Waals surface area contributed by atoms with Gasteiger partial charge in [0.25, 0.3) is 0 Å². The Kier molecular flexibility index (Phi) is 8.99. The number of carbonyl (C=O) groups excluding carboxylic acids is 1. The van der Waals surface area contributed by atoms with Gasteiger partial charge in [0.05, 0.1) is 19.8 Å². The number of hydrogen-bond acceptors (Lipinski definition) is 5. The average Bonchev–Trinajstić information content (AvgIpc) is 2.29. The quantitative estimate of drug-likeness (QED) is 0.371. The van der Waals surface area contributed by atoms with E-state index in [4.69, 9.17) is 13.6 Å². The van der Waals surface area contributed by atoms with Crippen molar-refractivity contribution in [1.29, 1.82) is 0 Å². The van der Waals surface area contributed by atoms with Crippen molar-refractivity contribution in [3.8, 4) is 0 Å². The molecule has 0 saturated carbocycles. The molecule has 17 heavy (non-hydrogen) atoms. The van der Waals surface area contributed by atoms with E-state index >= 15 is 0 Å². The molecule has 0 rings (SSSR count). The van der Waals surface area contributed by atoms with E-state index in [1.54, 1.807) is 13.8 Å². The van der Waals surface area contributed by atoms with Gasteiger partial charge in [0.15, 0.2) is 0 Å². The summed E-state index contributed by atoms with van der Waals surface area (Å²) < 4.78 is 26.7. The van der Waals surface area contributed by atoms with E-state index in [-0.39, 0.29) is 25.7 Å². The summed E-state index contributed by atoms with van der Waals surface area (Å²) in [6.45, 7) is 7.85. The number of phosphoric acid groups is 1. The van der Waals surface area contributed by atoms with Crippen LogP contribution >= 0.6 is 7.82 Å². The lowest BCUT2D eigenvalue weighted by molar-refractivity contribution is -0.116. The van der Waals surface area contributed by atoms with Crippen LogP contribution in [0.2, 0.25) is 0 Å². The van der Waals surface area contributed by atoms with Crippen LogP contribution in [0.15, 0.2) is 12.7 Å². The van der Waals surface area contributed by atoms with Gasteiger partial charge in [-0.2, -0.15) is 0 Å². The van der Waals surface area contributed by atoms with E-state index < -0.39 is 7.82 Å². The lowest BCUT2D eigenvalue weighted by atomic mass is 10.4. The van der Waals surface area contributed by atoms with Crippen molar-refractivity contribution in [2.75, 3.05) is 26.4 Å². The Bertz CT molecular complexity index is 272. The maximum absolute atomic E-state index is 11.8. The smallest absolute Gasteiger partial charge is 0.352 e. The molecule has 0 atom stereocenters. The number of carbonyl (C=O) groups is 1. The molecule has 1 amide bonds. The van der Waals surface area contributed by atoms with Crippen molar-refractivity contribution >= 4 is 13.7 Å². The molecule has 0 radical (unpaired) electrons. The van der Waals surface area contributed by atoms with E-state index in [0.717, 1.165) is 0 Å². The van der Waals surface area contributed by atoms with E-state index in [9.17, 15) is 9.36 Å². The summed E-state index contributed by atoms with van der Waals surface area (Å²) in [5.74, 6) is -0.247. The molecule has 0 spiro atoms. The van der Waals surface area contributed by atoms with Crippen LogP contribution < -0.4 is 5.32 Å². The van der Waals surface area contributed by atoms with Crippen molar-refractivity contribution in [3.63, 3.8) is 0 Å². The van der Waals surface area contributed by atoms with Crippen molar-refractivity contribution in [1.82, 2.24) is 5.32 Å². The number of rotatable bonds is 10. The highest BCUT2D eigenvalue weighted by Crippen LogP contribution is 2.49. The number of nitrogens with one attached hydrogen (secondary N) is 1. The van der Waals surface area contributed by atoms with E-state index in [1.165, 1.54) is 6.08 Å². The second-order valence-corrected chi connectivity index (χ2v) is 4.63. The first kappa shape index (κ1) is 16.3. The first-order valence-corrected chi connectivity index (χ1v) is 6.98. The highest BCUT2D eigenvalue weighted by atomic mass is 31.2. The van der Waals surface area contributed by atoms with Crippen LogP contribution in [-0.2, 0) is 22.9 Å². The minimum atomic E-state index is -3.42. The van der Waals surface area contributed by atoms with Gasteiger partial charge >= 0.3 is 7.82 Å². The topological polar surface area (TPSA) is 73.9 Å². The first-order valence-electron chi connectivity index (χ1n) is 5.52.